The quantitative estimate of drug-likeness (QED) is 0.511. The lowest BCUT2D eigenvalue weighted by molar-refractivity contribution is 0.0929. The van der Waals surface area contributed by atoms with Crippen LogP contribution in [0.15, 0.2) is 60.7 Å². The minimum Gasteiger partial charge on any atom is -0.477 e. The van der Waals surface area contributed by atoms with Crippen molar-refractivity contribution in [2.45, 2.75) is 26.3 Å². The number of nitrogens with two attached hydrogens (primary N) is 1. The molecule has 0 unspecified atom stereocenters. The number of nitrogen functional groups attached to an aromatic ring is 1. The van der Waals surface area contributed by atoms with Crippen molar-refractivity contribution >= 4 is 11.6 Å². The zero-order valence-corrected chi connectivity index (χ0v) is 20.0. The molecule has 1 aromatic heterocycles. The molecule has 2 heterocycles. The van der Waals surface area contributed by atoms with Crippen LogP contribution >= 0.6 is 0 Å². The van der Waals surface area contributed by atoms with Crippen LogP contribution in [0.5, 0.6) is 5.88 Å². The number of amides is 1. The smallest absolute Gasteiger partial charge is 0.270 e. The second-order valence-electron chi connectivity index (χ2n) is 8.77. The van der Waals surface area contributed by atoms with Crippen molar-refractivity contribution in [2.75, 3.05) is 32.0 Å². The van der Waals surface area contributed by atoms with Gasteiger partial charge in [-0.25, -0.2) is 4.98 Å². The number of likely N-dealkylation sites (tertiary alicyclic amines) is 1. The first-order valence-electron chi connectivity index (χ1n) is 12.1. The molecule has 0 bridgehead atoms. The SMILES string of the molecule is CCOc1nc(C(=O)NCC2CCN(Cc3ccccc3-c3ccccc3)CC2)cc(N)c1C#N. The zero-order chi connectivity index (χ0) is 24.6. The highest BCUT2D eigenvalue weighted by Gasteiger charge is 2.22. The monoisotopic (exact) mass is 469 g/mol. The van der Waals surface area contributed by atoms with Crippen LogP contribution in [0, 0.1) is 17.2 Å². The normalized spacial score (nSPS) is 14.3. The minimum absolute atomic E-state index is 0.101. The van der Waals surface area contributed by atoms with Crippen LogP contribution in [0.4, 0.5) is 5.69 Å². The van der Waals surface area contributed by atoms with Crippen LogP contribution in [-0.4, -0.2) is 42.0 Å². The molecule has 2 aromatic carbocycles. The van der Waals surface area contributed by atoms with E-state index in [4.69, 9.17) is 10.5 Å². The van der Waals surface area contributed by atoms with Gasteiger partial charge in [-0.2, -0.15) is 5.26 Å². The molecule has 1 amide bonds. The van der Waals surface area contributed by atoms with E-state index in [1.54, 1.807) is 6.92 Å². The van der Waals surface area contributed by atoms with Crippen LogP contribution in [0.2, 0.25) is 0 Å². The van der Waals surface area contributed by atoms with E-state index in [1.807, 2.05) is 12.1 Å². The fraction of sp³-hybridized carbons (Fsp3) is 0.321. The molecule has 0 atom stereocenters. The Morgan fingerprint density at radius 1 is 1.17 bits per heavy atom. The summed E-state index contributed by atoms with van der Waals surface area (Å²) in [5.74, 6) is 0.201. The largest absolute Gasteiger partial charge is 0.477 e. The lowest BCUT2D eigenvalue weighted by Crippen LogP contribution is -2.38. The molecule has 0 spiro atoms. The number of benzene rings is 2. The number of anilines is 1. The maximum Gasteiger partial charge on any atom is 0.270 e. The van der Waals surface area contributed by atoms with Gasteiger partial charge in [0.2, 0.25) is 5.88 Å². The van der Waals surface area contributed by atoms with E-state index in [2.05, 4.69) is 63.7 Å². The number of nitrogens with one attached hydrogen (secondary N) is 1. The number of piperidine rings is 1. The standard InChI is InChI=1S/C28H31N5O2/c1-2-35-28-24(17-29)25(30)16-26(32-28)27(34)31-18-20-12-14-33(15-13-20)19-22-10-6-7-11-23(22)21-8-4-3-5-9-21/h3-11,16,20H,2,12-15,18-19H2,1H3,(H2,30,32)(H,31,34). The molecule has 35 heavy (non-hydrogen) atoms. The summed E-state index contributed by atoms with van der Waals surface area (Å²) in [6, 6.07) is 22.5. The van der Waals surface area contributed by atoms with Gasteiger partial charge in [0.05, 0.1) is 12.3 Å². The molecule has 1 saturated heterocycles. The predicted molar refractivity (Wildman–Crippen MR) is 137 cm³/mol. The molecular weight excluding hydrogens is 438 g/mol. The molecule has 1 aliphatic rings. The van der Waals surface area contributed by atoms with E-state index in [0.29, 0.717) is 19.1 Å². The highest BCUT2D eigenvalue weighted by Crippen LogP contribution is 2.27. The summed E-state index contributed by atoms with van der Waals surface area (Å²) in [5, 5.41) is 12.2. The van der Waals surface area contributed by atoms with Gasteiger partial charge in [0.25, 0.3) is 5.91 Å². The van der Waals surface area contributed by atoms with Crippen LogP contribution in [0.3, 0.4) is 0 Å². The number of rotatable bonds is 8. The fourth-order valence-corrected chi connectivity index (χ4v) is 4.49. The number of pyridine rings is 1. The lowest BCUT2D eigenvalue weighted by atomic mass is 9.95. The van der Waals surface area contributed by atoms with Gasteiger partial charge in [-0.1, -0.05) is 54.6 Å². The van der Waals surface area contributed by atoms with Crippen LogP contribution in [-0.2, 0) is 6.54 Å². The number of ether oxygens (including phenoxy) is 1. The van der Waals surface area contributed by atoms with Gasteiger partial charge in [0, 0.05) is 13.1 Å². The number of hydrogen-bond acceptors (Lipinski definition) is 6. The Balaban J connectivity index is 1.31. The summed E-state index contributed by atoms with van der Waals surface area (Å²) in [6.45, 7) is 5.59. The van der Waals surface area contributed by atoms with E-state index in [-0.39, 0.29) is 28.7 Å². The fourth-order valence-electron chi connectivity index (χ4n) is 4.49. The Hall–Kier alpha value is -3.89. The Morgan fingerprint density at radius 2 is 1.89 bits per heavy atom. The number of carbonyl (C=O) groups excluding carboxylic acids is 1. The summed E-state index contributed by atoms with van der Waals surface area (Å²) in [4.78, 5) is 19.4. The van der Waals surface area contributed by atoms with Crippen LogP contribution < -0.4 is 15.8 Å². The third-order valence-electron chi connectivity index (χ3n) is 6.40. The van der Waals surface area contributed by atoms with Crippen molar-refractivity contribution in [3.63, 3.8) is 0 Å². The van der Waals surface area contributed by atoms with Crippen molar-refractivity contribution in [3.8, 4) is 23.1 Å². The van der Waals surface area contributed by atoms with Gasteiger partial charge in [-0.3, -0.25) is 9.69 Å². The van der Waals surface area contributed by atoms with E-state index >= 15 is 0 Å². The van der Waals surface area contributed by atoms with Gasteiger partial charge >= 0.3 is 0 Å². The Morgan fingerprint density at radius 3 is 2.60 bits per heavy atom. The second kappa shape index (κ2) is 11.5. The summed E-state index contributed by atoms with van der Waals surface area (Å²) in [6.07, 6.45) is 2.03. The second-order valence-corrected chi connectivity index (χ2v) is 8.77. The average Bonchev–Trinajstić information content (AvgIpc) is 2.89. The first-order chi connectivity index (χ1) is 17.1. The van der Waals surface area contributed by atoms with Gasteiger partial charge in [0.1, 0.15) is 17.3 Å². The predicted octanol–water partition coefficient (Wildman–Crippen LogP) is 4.24. The minimum atomic E-state index is -0.304. The number of nitriles is 1. The van der Waals surface area contributed by atoms with Crippen molar-refractivity contribution in [1.29, 1.82) is 5.26 Å². The van der Waals surface area contributed by atoms with E-state index < -0.39 is 0 Å². The molecule has 180 valence electrons. The first kappa shape index (κ1) is 24.2. The summed E-state index contributed by atoms with van der Waals surface area (Å²) in [5.41, 5.74) is 10.3. The van der Waals surface area contributed by atoms with Gasteiger partial charge in [0.15, 0.2) is 0 Å². The molecule has 3 N–H and O–H groups in total. The van der Waals surface area contributed by atoms with Crippen LogP contribution in [0.25, 0.3) is 11.1 Å². The number of carbonyl (C=O) groups is 1. The maximum atomic E-state index is 12.7. The summed E-state index contributed by atoms with van der Waals surface area (Å²) in [7, 11) is 0. The Kier molecular flexibility index (Phi) is 7.96. The third kappa shape index (κ3) is 5.97. The number of aromatic nitrogens is 1. The highest BCUT2D eigenvalue weighted by atomic mass is 16.5. The van der Waals surface area contributed by atoms with Crippen molar-refractivity contribution in [1.82, 2.24) is 15.2 Å². The molecule has 7 heteroatoms. The summed E-state index contributed by atoms with van der Waals surface area (Å²) >= 11 is 0. The molecule has 7 nitrogen and oxygen atoms in total. The Bertz CT molecular complexity index is 1200. The number of hydrogen-bond donors (Lipinski definition) is 2. The molecule has 0 saturated carbocycles. The molecule has 0 radical (unpaired) electrons. The molecule has 1 aliphatic heterocycles. The van der Waals surface area contributed by atoms with Gasteiger partial charge in [-0.05, 0) is 61.5 Å². The van der Waals surface area contributed by atoms with Gasteiger partial charge in [-0.15, -0.1) is 0 Å². The summed E-state index contributed by atoms with van der Waals surface area (Å²) < 4.78 is 5.39. The van der Waals surface area contributed by atoms with Crippen molar-refractivity contribution in [3.05, 3.63) is 77.5 Å². The molecule has 1 fully saturated rings. The van der Waals surface area contributed by atoms with Crippen molar-refractivity contribution in [2.24, 2.45) is 5.92 Å². The highest BCUT2D eigenvalue weighted by molar-refractivity contribution is 5.93. The topological polar surface area (TPSA) is 104 Å². The Labute approximate surface area is 206 Å². The van der Waals surface area contributed by atoms with Crippen LogP contribution in [0.1, 0.15) is 41.4 Å². The molecule has 0 aliphatic carbocycles. The van der Waals surface area contributed by atoms with E-state index in [1.165, 1.54) is 22.8 Å². The maximum absolute atomic E-state index is 12.7. The van der Waals surface area contributed by atoms with Crippen molar-refractivity contribution < 1.29 is 9.53 Å². The van der Waals surface area contributed by atoms with Gasteiger partial charge < -0.3 is 15.8 Å². The number of nitrogens with zero attached hydrogens (tertiary/aromatic N) is 3. The zero-order valence-electron chi connectivity index (χ0n) is 20.0. The first-order valence-corrected chi connectivity index (χ1v) is 12.1. The molecule has 3 aromatic rings. The average molecular weight is 470 g/mol. The van der Waals surface area contributed by atoms with E-state index in [9.17, 15) is 10.1 Å². The molecular formula is C28H31N5O2. The third-order valence-corrected chi connectivity index (χ3v) is 6.40. The lowest BCUT2D eigenvalue weighted by Gasteiger charge is -2.32. The van der Waals surface area contributed by atoms with E-state index in [0.717, 1.165) is 32.5 Å². The molecule has 4 rings (SSSR count).